The van der Waals surface area contributed by atoms with Crippen LogP contribution in [0, 0.1) is 0 Å². The third-order valence-corrected chi connectivity index (χ3v) is 4.44. The average molecular weight is 324 g/mol. The predicted octanol–water partition coefficient (Wildman–Crippen LogP) is 4.02. The van der Waals surface area contributed by atoms with Gasteiger partial charge in [0.15, 0.2) is 0 Å². The van der Waals surface area contributed by atoms with Crippen LogP contribution in [0.2, 0.25) is 0 Å². The van der Waals surface area contributed by atoms with Crippen molar-refractivity contribution < 1.29 is 4.79 Å². The number of nitrogens with zero attached hydrogens (tertiary/aromatic N) is 2. The third kappa shape index (κ3) is 4.10. The summed E-state index contributed by atoms with van der Waals surface area (Å²) in [4.78, 5) is 20.6. The van der Waals surface area contributed by atoms with Crippen molar-refractivity contribution in [3.05, 3.63) is 47.9 Å². The Morgan fingerprint density at radius 1 is 1.12 bits per heavy atom. The molecule has 1 fully saturated rings. The largest absolute Gasteiger partial charge is 0.348 e. The molecule has 24 heavy (non-hydrogen) atoms. The Bertz CT molecular complexity index is 691. The summed E-state index contributed by atoms with van der Waals surface area (Å²) in [5, 5.41) is 6.28. The van der Waals surface area contributed by atoms with E-state index in [-0.39, 0.29) is 11.9 Å². The van der Waals surface area contributed by atoms with Crippen molar-refractivity contribution >= 4 is 17.4 Å². The summed E-state index contributed by atoms with van der Waals surface area (Å²) in [6.45, 7) is 4.34. The van der Waals surface area contributed by atoms with Gasteiger partial charge in [-0.2, -0.15) is 0 Å². The molecule has 0 aliphatic heterocycles. The van der Waals surface area contributed by atoms with Crippen molar-refractivity contribution in [2.75, 3.05) is 5.32 Å². The number of anilines is 2. The minimum atomic E-state index is -0.123. The molecule has 2 aromatic rings. The Morgan fingerprint density at radius 3 is 2.50 bits per heavy atom. The Morgan fingerprint density at radius 2 is 1.83 bits per heavy atom. The highest BCUT2D eigenvalue weighted by molar-refractivity contribution is 5.93. The zero-order valence-electron chi connectivity index (χ0n) is 14.2. The van der Waals surface area contributed by atoms with Gasteiger partial charge in [-0.1, -0.05) is 38.8 Å². The molecule has 1 saturated carbocycles. The number of amides is 1. The highest BCUT2D eigenvalue weighted by Crippen LogP contribution is 2.20. The molecule has 3 rings (SSSR count). The molecule has 5 nitrogen and oxygen atoms in total. The lowest BCUT2D eigenvalue weighted by Gasteiger charge is -2.12. The van der Waals surface area contributed by atoms with Gasteiger partial charge in [0.2, 0.25) is 0 Å². The minimum absolute atomic E-state index is 0.123. The zero-order chi connectivity index (χ0) is 16.9. The van der Waals surface area contributed by atoms with E-state index in [4.69, 9.17) is 0 Å². The topological polar surface area (TPSA) is 66.9 Å². The van der Waals surface area contributed by atoms with Gasteiger partial charge in [0.25, 0.3) is 5.91 Å². The van der Waals surface area contributed by atoms with Crippen LogP contribution < -0.4 is 10.6 Å². The average Bonchev–Trinajstić information content (AvgIpc) is 3.08. The Balaban J connectivity index is 1.67. The predicted molar refractivity (Wildman–Crippen MR) is 95.6 cm³/mol. The van der Waals surface area contributed by atoms with Crippen LogP contribution in [-0.4, -0.2) is 21.9 Å². The lowest BCUT2D eigenvalue weighted by Crippen LogP contribution is -2.33. The molecule has 1 aromatic carbocycles. The van der Waals surface area contributed by atoms with Gasteiger partial charge in [-0.25, -0.2) is 9.97 Å². The van der Waals surface area contributed by atoms with Gasteiger partial charge in [-0.05, 0) is 36.5 Å². The lowest BCUT2D eigenvalue weighted by atomic mass is 10.0. The van der Waals surface area contributed by atoms with E-state index in [1.54, 1.807) is 6.07 Å². The highest BCUT2D eigenvalue weighted by Gasteiger charge is 2.18. The SMILES string of the molecule is CC(C)c1ccc(Nc2cc(C(=O)NC3CCCC3)ncn2)cc1. The molecule has 0 bridgehead atoms. The molecule has 0 radical (unpaired) electrons. The maximum atomic E-state index is 12.3. The first-order valence-corrected chi connectivity index (χ1v) is 8.62. The van der Waals surface area contributed by atoms with Crippen LogP contribution in [0.5, 0.6) is 0 Å². The molecule has 0 spiro atoms. The number of nitrogens with one attached hydrogen (secondary N) is 2. The quantitative estimate of drug-likeness (QED) is 0.872. The molecule has 1 amide bonds. The first-order chi connectivity index (χ1) is 11.6. The summed E-state index contributed by atoms with van der Waals surface area (Å²) in [5.41, 5.74) is 2.64. The summed E-state index contributed by atoms with van der Waals surface area (Å²) in [6.07, 6.45) is 5.92. The molecular weight excluding hydrogens is 300 g/mol. The summed E-state index contributed by atoms with van der Waals surface area (Å²) < 4.78 is 0. The van der Waals surface area contributed by atoms with Gasteiger partial charge in [-0.15, -0.1) is 0 Å². The van der Waals surface area contributed by atoms with Crippen LogP contribution >= 0.6 is 0 Å². The van der Waals surface area contributed by atoms with E-state index < -0.39 is 0 Å². The summed E-state index contributed by atoms with van der Waals surface area (Å²) in [6, 6.07) is 10.2. The molecule has 1 aliphatic carbocycles. The van der Waals surface area contributed by atoms with Crippen LogP contribution in [0.25, 0.3) is 0 Å². The summed E-state index contributed by atoms with van der Waals surface area (Å²) in [5.74, 6) is 1.00. The number of carbonyl (C=O) groups is 1. The number of benzene rings is 1. The van der Waals surface area contributed by atoms with Crippen molar-refractivity contribution in [1.82, 2.24) is 15.3 Å². The number of aromatic nitrogens is 2. The fourth-order valence-corrected chi connectivity index (χ4v) is 2.98. The smallest absolute Gasteiger partial charge is 0.270 e. The van der Waals surface area contributed by atoms with Crippen LogP contribution in [0.3, 0.4) is 0 Å². The van der Waals surface area contributed by atoms with Crippen molar-refractivity contribution in [2.45, 2.75) is 51.5 Å². The standard InChI is InChI=1S/C19H24N4O/c1-13(2)14-7-9-16(10-8-14)22-18-11-17(20-12-21-18)19(24)23-15-5-3-4-6-15/h7-13,15H,3-6H2,1-2H3,(H,23,24)(H,20,21,22). The maximum Gasteiger partial charge on any atom is 0.270 e. The third-order valence-electron chi connectivity index (χ3n) is 4.44. The van der Waals surface area contributed by atoms with Gasteiger partial charge < -0.3 is 10.6 Å². The van der Waals surface area contributed by atoms with Crippen molar-refractivity contribution in [3.8, 4) is 0 Å². The fourth-order valence-electron chi connectivity index (χ4n) is 2.98. The number of carbonyl (C=O) groups excluding carboxylic acids is 1. The molecule has 1 aromatic heterocycles. The molecule has 0 unspecified atom stereocenters. The van der Waals surface area contributed by atoms with E-state index in [9.17, 15) is 4.79 Å². The maximum absolute atomic E-state index is 12.3. The molecule has 1 aliphatic rings. The van der Waals surface area contributed by atoms with Crippen molar-refractivity contribution in [3.63, 3.8) is 0 Å². The first kappa shape index (κ1) is 16.4. The van der Waals surface area contributed by atoms with Gasteiger partial charge in [0.05, 0.1) is 0 Å². The van der Waals surface area contributed by atoms with E-state index in [0.29, 0.717) is 17.4 Å². The van der Waals surface area contributed by atoms with Gasteiger partial charge in [0.1, 0.15) is 17.8 Å². The molecule has 1 heterocycles. The second kappa shape index (κ2) is 7.43. The molecule has 0 saturated heterocycles. The van der Waals surface area contributed by atoms with Crippen LogP contribution in [-0.2, 0) is 0 Å². The highest BCUT2D eigenvalue weighted by atomic mass is 16.1. The van der Waals surface area contributed by atoms with Crippen LogP contribution in [0.15, 0.2) is 36.7 Å². The molecular formula is C19H24N4O. The first-order valence-electron chi connectivity index (χ1n) is 8.62. The van der Waals surface area contributed by atoms with Gasteiger partial charge in [0, 0.05) is 17.8 Å². The van der Waals surface area contributed by atoms with Crippen LogP contribution in [0.4, 0.5) is 11.5 Å². The van der Waals surface area contributed by atoms with Crippen molar-refractivity contribution in [1.29, 1.82) is 0 Å². The van der Waals surface area contributed by atoms with E-state index >= 15 is 0 Å². The van der Waals surface area contributed by atoms with Crippen LogP contribution in [0.1, 0.15) is 61.5 Å². The monoisotopic (exact) mass is 324 g/mol. The molecule has 126 valence electrons. The number of hydrogen-bond acceptors (Lipinski definition) is 4. The van der Waals surface area contributed by atoms with E-state index in [1.165, 1.54) is 24.7 Å². The fraction of sp³-hybridized carbons (Fsp3) is 0.421. The van der Waals surface area contributed by atoms with E-state index in [1.807, 2.05) is 12.1 Å². The van der Waals surface area contributed by atoms with Gasteiger partial charge >= 0.3 is 0 Å². The second-order valence-electron chi connectivity index (χ2n) is 6.65. The molecule has 2 N–H and O–H groups in total. The normalized spacial score (nSPS) is 14.8. The Hall–Kier alpha value is -2.43. The molecule has 5 heteroatoms. The Labute approximate surface area is 142 Å². The number of rotatable bonds is 5. The second-order valence-corrected chi connectivity index (χ2v) is 6.65. The summed E-state index contributed by atoms with van der Waals surface area (Å²) in [7, 11) is 0. The minimum Gasteiger partial charge on any atom is -0.348 e. The van der Waals surface area contributed by atoms with Crippen molar-refractivity contribution in [2.24, 2.45) is 0 Å². The zero-order valence-corrected chi connectivity index (χ0v) is 14.2. The van der Waals surface area contributed by atoms with Gasteiger partial charge in [-0.3, -0.25) is 4.79 Å². The Kier molecular flexibility index (Phi) is 5.08. The lowest BCUT2D eigenvalue weighted by molar-refractivity contribution is 0.0932. The number of hydrogen-bond donors (Lipinski definition) is 2. The molecule has 0 atom stereocenters. The van der Waals surface area contributed by atoms with E-state index in [0.717, 1.165) is 18.5 Å². The summed E-state index contributed by atoms with van der Waals surface area (Å²) >= 11 is 0. The van der Waals surface area contributed by atoms with E-state index in [2.05, 4.69) is 46.6 Å².